The predicted molar refractivity (Wildman–Crippen MR) is 67.0 cm³/mol. The fourth-order valence-corrected chi connectivity index (χ4v) is 1.96. The van der Waals surface area contributed by atoms with Gasteiger partial charge in [-0.3, -0.25) is 19.7 Å². The smallest absolute Gasteiger partial charge is 0.336 e. The van der Waals surface area contributed by atoms with E-state index in [2.05, 4.69) is 10.6 Å². The summed E-state index contributed by atoms with van der Waals surface area (Å²) in [6, 6.07) is 1.72. The van der Waals surface area contributed by atoms with Crippen LogP contribution in [0.2, 0.25) is 0 Å². The van der Waals surface area contributed by atoms with Gasteiger partial charge in [-0.05, 0) is 24.6 Å². The van der Waals surface area contributed by atoms with Gasteiger partial charge in [-0.1, -0.05) is 0 Å². The standard InChI is InChI=1S/C13H11FN2O5/c14-6-1-2-7(13(20)21)8(5-6)11(18)15-9-3-4-10(17)16-12(9)19/h1-2,5,9H,3-4H2,(H,15,18)(H,20,21)(H,16,17,19). The van der Waals surface area contributed by atoms with Crippen molar-refractivity contribution in [1.29, 1.82) is 0 Å². The van der Waals surface area contributed by atoms with Crippen molar-refractivity contribution in [1.82, 2.24) is 10.6 Å². The summed E-state index contributed by atoms with van der Waals surface area (Å²) in [4.78, 5) is 45.5. The first-order valence-corrected chi connectivity index (χ1v) is 6.06. The zero-order valence-electron chi connectivity index (χ0n) is 10.7. The molecule has 0 bridgehead atoms. The molecule has 0 radical (unpaired) electrons. The van der Waals surface area contributed by atoms with Gasteiger partial charge in [-0.15, -0.1) is 0 Å². The third-order valence-corrected chi connectivity index (χ3v) is 3.00. The molecule has 0 saturated carbocycles. The number of halogens is 1. The number of imide groups is 1. The highest BCUT2D eigenvalue weighted by Crippen LogP contribution is 2.13. The van der Waals surface area contributed by atoms with Crippen LogP contribution in [0.25, 0.3) is 0 Å². The quantitative estimate of drug-likeness (QED) is 0.682. The molecule has 1 aromatic rings. The second kappa shape index (κ2) is 5.70. The van der Waals surface area contributed by atoms with Crippen molar-refractivity contribution < 1.29 is 28.7 Å². The number of carboxylic acid groups (broad SMARTS) is 1. The maximum Gasteiger partial charge on any atom is 0.336 e. The second-order valence-corrected chi connectivity index (χ2v) is 4.47. The maximum absolute atomic E-state index is 13.2. The van der Waals surface area contributed by atoms with Gasteiger partial charge in [0.25, 0.3) is 5.91 Å². The zero-order valence-corrected chi connectivity index (χ0v) is 10.7. The topological polar surface area (TPSA) is 113 Å². The summed E-state index contributed by atoms with van der Waals surface area (Å²) in [7, 11) is 0. The molecule has 1 unspecified atom stereocenters. The minimum absolute atomic E-state index is 0.0611. The van der Waals surface area contributed by atoms with Crippen molar-refractivity contribution in [2.45, 2.75) is 18.9 Å². The molecular weight excluding hydrogens is 283 g/mol. The van der Waals surface area contributed by atoms with Crippen LogP contribution < -0.4 is 10.6 Å². The molecular formula is C13H11FN2O5. The fraction of sp³-hybridized carbons (Fsp3) is 0.231. The van der Waals surface area contributed by atoms with Crippen molar-refractivity contribution in [3.05, 3.63) is 35.1 Å². The molecule has 1 aliphatic heterocycles. The summed E-state index contributed by atoms with van der Waals surface area (Å²) in [5.74, 6) is -4.16. The van der Waals surface area contributed by atoms with E-state index in [9.17, 15) is 23.6 Å². The average Bonchev–Trinajstić information content (AvgIpc) is 2.41. The Morgan fingerprint density at radius 2 is 2.00 bits per heavy atom. The summed E-state index contributed by atoms with van der Waals surface area (Å²) >= 11 is 0. The Bertz CT molecular complexity index is 643. The second-order valence-electron chi connectivity index (χ2n) is 4.47. The number of piperidine rings is 1. The number of hydrogen-bond acceptors (Lipinski definition) is 4. The lowest BCUT2D eigenvalue weighted by atomic mass is 10.0. The van der Waals surface area contributed by atoms with E-state index in [1.165, 1.54) is 0 Å². The first kappa shape index (κ1) is 14.6. The molecule has 110 valence electrons. The number of rotatable bonds is 3. The van der Waals surface area contributed by atoms with Crippen LogP contribution in [0.4, 0.5) is 4.39 Å². The Balaban J connectivity index is 2.21. The van der Waals surface area contributed by atoms with E-state index < -0.39 is 35.5 Å². The molecule has 1 aliphatic rings. The highest BCUT2D eigenvalue weighted by molar-refractivity contribution is 6.07. The molecule has 0 aromatic heterocycles. The van der Waals surface area contributed by atoms with Gasteiger partial charge in [0.2, 0.25) is 11.8 Å². The Morgan fingerprint density at radius 1 is 1.29 bits per heavy atom. The van der Waals surface area contributed by atoms with E-state index >= 15 is 0 Å². The Hall–Kier alpha value is -2.77. The zero-order chi connectivity index (χ0) is 15.6. The molecule has 1 heterocycles. The number of aromatic carboxylic acids is 1. The number of benzene rings is 1. The van der Waals surface area contributed by atoms with Gasteiger partial charge in [0.1, 0.15) is 11.9 Å². The highest BCUT2D eigenvalue weighted by Gasteiger charge is 2.29. The Morgan fingerprint density at radius 3 is 2.62 bits per heavy atom. The normalized spacial score (nSPS) is 18.0. The van der Waals surface area contributed by atoms with Gasteiger partial charge in [0.15, 0.2) is 0 Å². The maximum atomic E-state index is 13.2. The molecule has 1 aromatic carbocycles. The van der Waals surface area contributed by atoms with Crippen molar-refractivity contribution >= 4 is 23.7 Å². The molecule has 3 amide bonds. The van der Waals surface area contributed by atoms with Crippen LogP contribution in [0, 0.1) is 5.82 Å². The van der Waals surface area contributed by atoms with E-state index in [-0.39, 0.29) is 24.0 Å². The molecule has 8 heteroatoms. The van der Waals surface area contributed by atoms with E-state index in [0.717, 1.165) is 18.2 Å². The summed E-state index contributed by atoms with van der Waals surface area (Å²) in [5.41, 5.74) is -0.756. The van der Waals surface area contributed by atoms with Crippen LogP contribution in [0.1, 0.15) is 33.6 Å². The number of amides is 3. The van der Waals surface area contributed by atoms with Crippen LogP contribution in [-0.2, 0) is 9.59 Å². The SMILES string of the molecule is O=C1CCC(NC(=O)c2cc(F)ccc2C(=O)O)C(=O)N1. The van der Waals surface area contributed by atoms with Crippen molar-refractivity contribution in [3.63, 3.8) is 0 Å². The number of carboxylic acids is 1. The summed E-state index contributed by atoms with van der Waals surface area (Å²) in [6.07, 6.45) is 0.166. The van der Waals surface area contributed by atoms with Crippen LogP contribution in [0.15, 0.2) is 18.2 Å². The highest BCUT2D eigenvalue weighted by atomic mass is 19.1. The van der Waals surface area contributed by atoms with E-state index in [4.69, 9.17) is 5.11 Å². The van der Waals surface area contributed by atoms with Crippen LogP contribution in [0.5, 0.6) is 0 Å². The monoisotopic (exact) mass is 294 g/mol. The van der Waals surface area contributed by atoms with Crippen LogP contribution in [0.3, 0.4) is 0 Å². The molecule has 1 fully saturated rings. The molecule has 1 atom stereocenters. The Kier molecular flexibility index (Phi) is 3.97. The van der Waals surface area contributed by atoms with Crippen molar-refractivity contribution in [2.24, 2.45) is 0 Å². The molecule has 1 saturated heterocycles. The lowest BCUT2D eigenvalue weighted by Crippen LogP contribution is -2.52. The van der Waals surface area contributed by atoms with Gasteiger partial charge >= 0.3 is 5.97 Å². The number of nitrogens with one attached hydrogen (secondary N) is 2. The lowest BCUT2D eigenvalue weighted by Gasteiger charge is -2.22. The lowest BCUT2D eigenvalue weighted by molar-refractivity contribution is -0.134. The Labute approximate surface area is 118 Å². The van der Waals surface area contributed by atoms with Crippen molar-refractivity contribution in [2.75, 3.05) is 0 Å². The van der Waals surface area contributed by atoms with E-state index in [1.54, 1.807) is 0 Å². The predicted octanol–water partition coefficient (Wildman–Crippen LogP) is 0.0589. The van der Waals surface area contributed by atoms with Gasteiger partial charge < -0.3 is 10.4 Å². The molecule has 2 rings (SSSR count). The first-order chi connectivity index (χ1) is 9.88. The molecule has 7 nitrogen and oxygen atoms in total. The number of carbonyl (C=O) groups excluding carboxylic acids is 3. The average molecular weight is 294 g/mol. The van der Waals surface area contributed by atoms with Gasteiger partial charge in [-0.2, -0.15) is 0 Å². The van der Waals surface area contributed by atoms with Crippen molar-refractivity contribution in [3.8, 4) is 0 Å². The third kappa shape index (κ3) is 3.22. The number of carbonyl (C=O) groups is 4. The largest absolute Gasteiger partial charge is 0.478 e. The molecule has 3 N–H and O–H groups in total. The van der Waals surface area contributed by atoms with E-state index in [1.807, 2.05) is 0 Å². The summed E-state index contributed by atoms with van der Waals surface area (Å²) in [6.45, 7) is 0. The molecule has 0 spiro atoms. The summed E-state index contributed by atoms with van der Waals surface area (Å²) < 4.78 is 13.2. The first-order valence-electron chi connectivity index (χ1n) is 6.06. The minimum atomic E-state index is -1.39. The number of hydrogen-bond donors (Lipinski definition) is 3. The van der Waals surface area contributed by atoms with Crippen LogP contribution in [-0.4, -0.2) is 34.8 Å². The van der Waals surface area contributed by atoms with Gasteiger partial charge in [0, 0.05) is 6.42 Å². The van der Waals surface area contributed by atoms with Crippen LogP contribution >= 0.6 is 0 Å². The van der Waals surface area contributed by atoms with Gasteiger partial charge in [-0.25, -0.2) is 9.18 Å². The fourth-order valence-electron chi connectivity index (χ4n) is 1.96. The summed E-state index contributed by atoms with van der Waals surface area (Å²) in [5, 5.41) is 13.3. The molecule has 0 aliphatic carbocycles. The van der Waals surface area contributed by atoms with E-state index in [0.29, 0.717) is 0 Å². The van der Waals surface area contributed by atoms with Gasteiger partial charge in [0.05, 0.1) is 11.1 Å². The minimum Gasteiger partial charge on any atom is -0.478 e. The third-order valence-electron chi connectivity index (χ3n) is 3.00. The molecule has 21 heavy (non-hydrogen) atoms.